The van der Waals surface area contributed by atoms with Gasteiger partial charge in [0.05, 0.1) is 5.75 Å². The molecule has 152 valence electrons. The van der Waals surface area contributed by atoms with Crippen molar-refractivity contribution in [2.24, 2.45) is 5.73 Å². The highest BCUT2D eigenvalue weighted by atomic mass is 32.2. The highest BCUT2D eigenvalue weighted by Gasteiger charge is 2.27. The van der Waals surface area contributed by atoms with Crippen LogP contribution in [0.2, 0.25) is 0 Å². The molecule has 2 atom stereocenters. The zero-order valence-electron chi connectivity index (χ0n) is 16.7. The van der Waals surface area contributed by atoms with Gasteiger partial charge in [-0.15, -0.1) is 0 Å². The first kappa shape index (κ1) is 21.0. The molecule has 0 heterocycles. The first-order chi connectivity index (χ1) is 13.5. The fourth-order valence-corrected chi connectivity index (χ4v) is 5.25. The fraction of sp³-hybridized carbons (Fsp3) is 0.478. The summed E-state index contributed by atoms with van der Waals surface area (Å²) in [7, 11) is -3.12. The average molecular weight is 401 g/mol. The molecule has 0 saturated heterocycles. The maximum absolute atomic E-state index is 11.8. The minimum absolute atomic E-state index is 0.184. The smallest absolute Gasteiger partial charge is 0.211 e. The third-order valence-corrected chi connectivity index (χ3v) is 7.20. The number of benzene rings is 2. The Labute approximate surface area is 169 Å². The Morgan fingerprint density at radius 2 is 1.89 bits per heavy atom. The van der Waals surface area contributed by atoms with Gasteiger partial charge in [0.2, 0.25) is 10.0 Å². The largest absolute Gasteiger partial charge is 0.327 e. The van der Waals surface area contributed by atoms with Crippen molar-refractivity contribution in [2.75, 3.05) is 12.3 Å². The zero-order valence-corrected chi connectivity index (χ0v) is 17.5. The second kappa shape index (κ2) is 9.68. The quantitative estimate of drug-likeness (QED) is 0.632. The van der Waals surface area contributed by atoms with Crippen molar-refractivity contribution in [3.8, 4) is 0 Å². The van der Waals surface area contributed by atoms with E-state index in [0.29, 0.717) is 18.9 Å². The molecule has 0 aromatic heterocycles. The lowest BCUT2D eigenvalue weighted by Gasteiger charge is -2.32. The second-order valence-corrected chi connectivity index (χ2v) is 9.78. The van der Waals surface area contributed by atoms with Crippen LogP contribution in [0, 0.1) is 0 Å². The summed E-state index contributed by atoms with van der Waals surface area (Å²) < 4.78 is 26.2. The van der Waals surface area contributed by atoms with Gasteiger partial charge in [0.1, 0.15) is 0 Å². The number of aryl methyl sites for hydroxylation is 2. The van der Waals surface area contributed by atoms with E-state index in [4.69, 9.17) is 5.73 Å². The molecule has 1 aliphatic carbocycles. The SMILES string of the molecule is CCCS(=O)(=O)NCCCc1ccc2c(c1)C(Cc1ccccc1)C(N)CC2. The molecule has 0 fully saturated rings. The minimum atomic E-state index is -3.12. The van der Waals surface area contributed by atoms with E-state index < -0.39 is 10.0 Å². The highest BCUT2D eigenvalue weighted by Crippen LogP contribution is 2.34. The molecule has 0 aliphatic heterocycles. The van der Waals surface area contributed by atoms with E-state index in [2.05, 4.69) is 47.2 Å². The maximum Gasteiger partial charge on any atom is 0.211 e. The topological polar surface area (TPSA) is 72.2 Å². The summed E-state index contributed by atoms with van der Waals surface area (Å²) in [6.07, 6.45) is 5.35. The van der Waals surface area contributed by atoms with Gasteiger partial charge < -0.3 is 5.73 Å². The van der Waals surface area contributed by atoms with Crippen LogP contribution in [-0.4, -0.2) is 26.8 Å². The lowest BCUT2D eigenvalue weighted by atomic mass is 9.76. The van der Waals surface area contributed by atoms with Crippen molar-refractivity contribution >= 4 is 10.0 Å². The molecule has 3 N–H and O–H groups in total. The summed E-state index contributed by atoms with van der Waals surface area (Å²) >= 11 is 0. The Morgan fingerprint density at radius 1 is 1.11 bits per heavy atom. The Morgan fingerprint density at radius 3 is 2.64 bits per heavy atom. The molecule has 28 heavy (non-hydrogen) atoms. The first-order valence-electron chi connectivity index (χ1n) is 10.4. The van der Waals surface area contributed by atoms with Crippen LogP contribution in [0.15, 0.2) is 48.5 Å². The van der Waals surface area contributed by atoms with Crippen molar-refractivity contribution in [2.45, 2.75) is 57.4 Å². The van der Waals surface area contributed by atoms with Gasteiger partial charge in [-0.2, -0.15) is 0 Å². The predicted molar refractivity (Wildman–Crippen MR) is 116 cm³/mol. The molecule has 1 aliphatic rings. The molecule has 2 aromatic carbocycles. The van der Waals surface area contributed by atoms with Gasteiger partial charge >= 0.3 is 0 Å². The molecule has 2 unspecified atom stereocenters. The molecule has 0 bridgehead atoms. The molecule has 2 aromatic rings. The minimum Gasteiger partial charge on any atom is -0.327 e. The third-order valence-electron chi connectivity index (χ3n) is 5.61. The molecule has 5 heteroatoms. The van der Waals surface area contributed by atoms with Crippen molar-refractivity contribution in [1.29, 1.82) is 0 Å². The molecule has 4 nitrogen and oxygen atoms in total. The monoisotopic (exact) mass is 400 g/mol. The van der Waals surface area contributed by atoms with Crippen LogP contribution in [0.3, 0.4) is 0 Å². The molecule has 0 spiro atoms. The Kier molecular flexibility index (Phi) is 7.27. The maximum atomic E-state index is 11.8. The Bertz CT molecular complexity index is 865. The number of fused-ring (bicyclic) bond motifs is 1. The van der Waals surface area contributed by atoms with E-state index in [-0.39, 0.29) is 11.8 Å². The molecule has 0 amide bonds. The number of hydrogen-bond acceptors (Lipinski definition) is 3. The predicted octanol–water partition coefficient (Wildman–Crippen LogP) is 3.55. The lowest BCUT2D eigenvalue weighted by Crippen LogP contribution is -2.34. The standard InChI is InChI=1S/C23H32N2O2S/c1-2-15-28(26,27)25-14-6-9-19-10-11-20-12-13-23(24)22(21(20)16-19)17-18-7-4-3-5-8-18/h3-5,7-8,10-11,16,22-23,25H,2,6,9,12-15,17,24H2,1H3. The number of nitrogens with one attached hydrogen (secondary N) is 1. The number of sulfonamides is 1. The summed E-state index contributed by atoms with van der Waals surface area (Å²) in [4.78, 5) is 0. The van der Waals surface area contributed by atoms with Crippen LogP contribution in [-0.2, 0) is 29.3 Å². The van der Waals surface area contributed by atoms with Crippen LogP contribution in [0.1, 0.15) is 54.4 Å². The molecular formula is C23H32N2O2S. The summed E-state index contributed by atoms with van der Waals surface area (Å²) in [5.74, 6) is 0.541. The van der Waals surface area contributed by atoms with Gasteiger partial charge in [0, 0.05) is 18.5 Å². The molecular weight excluding hydrogens is 368 g/mol. The van der Waals surface area contributed by atoms with Crippen LogP contribution in [0.5, 0.6) is 0 Å². The second-order valence-electron chi connectivity index (χ2n) is 7.85. The van der Waals surface area contributed by atoms with Crippen molar-refractivity contribution in [3.05, 3.63) is 70.8 Å². The van der Waals surface area contributed by atoms with E-state index in [1.807, 2.05) is 13.0 Å². The highest BCUT2D eigenvalue weighted by molar-refractivity contribution is 7.89. The van der Waals surface area contributed by atoms with E-state index in [1.165, 1.54) is 22.3 Å². The molecule has 3 rings (SSSR count). The Balaban J connectivity index is 1.66. The van der Waals surface area contributed by atoms with Crippen LogP contribution >= 0.6 is 0 Å². The fourth-order valence-electron chi connectivity index (χ4n) is 4.12. The summed E-state index contributed by atoms with van der Waals surface area (Å²) in [5, 5.41) is 0. The normalized spacial score (nSPS) is 19.4. The summed E-state index contributed by atoms with van der Waals surface area (Å²) in [5.41, 5.74) is 11.9. The van der Waals surface area contributed by atoms with Gasteiger partial charge in [-0.25, -0.2) is 13.1 Å². The van der Waals surface area contributed by atoms with E-state index in [0.717, 1.165) is 32.1 Å². The number of nitrogens with two attached hydrogens (primary N) is 1. The first-order valence-corrected chi connectivity index (χ1v) is 12.0. The average Bonchev–Trinajstić information content (AvgIpc) is 2.68. The van der Waals surface area contributed by atoms with Crippen molar-refractivity contribution in [3.63, 3.8) is 0 Å². The van der Waals surface area contributed by atoms with Crippen molar-refractivity contribution < 1.29 is 8.42 Å². The van der Waals surface area contributed by atoms with Gasteiger partial charge in [-0.1, -0.05) is 55.5 Å². The molecule has 0 saturated carbocycles. The van der Waals surface area contributed by atoms with E-state index in [1.54, 1.807) is 0 Å². The van der Waals surface area contributed by atoms with Gasteiger partial charge in [-0.05, 0) is 60.8 Å². The van der Waals surface area contributed by atoms with Gasteiger partial charge in [0.25, 0.3) is 0 Å². The van der Waals surface area contributed by atoms with Gasteiger partial charge in [0.15, 0.2) is 0 Å². The third kappa shape index (κ3) is 5.66. The van der Waals surface area contributed by atoms with Crippen molar-refractivity contribution in [1.82, 2.24) is 4.72 Å². The van der Waals surface area contributed by atoms with Crippen LogP contribution < -0.4 is 10.5 Å². The van der Waals surface area contributed by atoms with Crippen LogP contribution in [0.25, 0.3) is 0 Å². The lowest BCUT2D eigenvalue weighted by molar-refractivity contribution is 0.467. The zero-order chi connectivity index (χ0) is 20.0. The number of hydrogen-bond donors (Lipinski definition) is 2. The van der Waals surface area contributed by atoms with Crippen LogP contribution in [0.4, 0.5) is 0 Å². The van der Waals surface area contributed by atoms with E-state index in [9.17, 15) is 8.42 Å². The van der Waals surface area contributed by atoms with E-state index >= 15 is 0 Å². The number of rotatable bonds is 9. The summed E-state index contributed by atoms with van der Waals surface area (Å²) in [6.45, 7) is 2.37. The molecule has 0 radical (unpaired) electrons. The van der Waals surface area contributed by atoms with Gasteiger partial charge in [-0.3, -0.25) is 0 Å². The summed E-state index contributed by atoms with van der Waals surface area (Å²) in [6, 6.07) is 17.5. The Hall–Kier alpha value is -1.69.